The number of nitrogens with two attached hydrogens (primary N) is 1. The number of pyridine rings is 1. The third kappa shape index (κ3) is 2.55. The maximum absolute atomic E-state index is 5.64. The van der Waals surface area contributed by atoms with Crippen LogP contribution in [-0.4, -0.2) is 4.98 Å². The molecule has 2 rings (SSSR count). The molecule has 0 saturated carbocycles. The summed E-state index contributed by atoms with van der Waals surface area (Å²) in [6.45, 7) is 4.10. The Hall–Kier alpha value is -1.48. The van der Waals surface area contributed by atoms with Crippen LogP contribution in [0.2, 0.25) is 0 Å². The first kappa shape index (κ1) is 11.0. The van der Waals surface area contributed by atoms with Gasteiger partial charge in [0.05, 0.1) is 0 Å². The Balaban J connectivity index is 2.20. The molecule has 0 aliphatic rings. The highest BCUT2D eigenvalue weighted by Crippen LogP contribution is 2.27. The van der Waals surface area contributed by atoms with Crippen LogP contribution in [0.1, 0.15) is 11.3 Å². The Morgan fingerprint density at radius 3 is 2.31 bits per heavy atom. The third-order valence-electron chi connectivity index (χ3n) is 2.43. The topological polar surface area (TPSA) is 38.9 Å². The van der Waals surface area contributed by atoms with Crippen LogP contribution in [0.15, 0.2) is 46.3 Å². The number of rotatable bonds is 2. The van der Waals surface area contributed by atoms with Crippen molar-refractivity contribution in [2.24, 2.45) is 0 Å². The predicted octanol–water partition coefficient (Wildman–Crippen LogP) is 3.43. The van der Waals surface area contributed by atoms with Crippen molar-refractivity contribution in [3.05, 3.63) is 47.7 Å². The first-order valence-corrected chi connectivity index (χ1v) is 5.94. The minimum Gasteiger partial charge on any atom is -0.399 e. The summed E-state index contributed by atoms with van der Waals surface area (Å²) in [5, 5.41) is 1.02. The fourth-order valence-electron chi connectivity index (χ4n) is 1.32. The van der Waals surface area contributed by atoms with Crippen LogP contribution in [0.4, 0.5) is 5.69 Å². The van der Waals surface area contributed by atoms with Gasteiger partial charge in [0.15, 0.2) is 0 Å². The second-order valence-electron chi connectivity index (χ2n) is 3.72. The first-order chi connectivity index (χ1) is 7.65. The van der Waals surface area contributed by atoms with Crippen LogP contribution in [0.25, 0.3) is 0 Å². The van der Waals surface area contributed by atoms with E-state index in [0.717, 1.165) is 21.3 Å². The smallest absolute Gasteiger partial charge is 0.101 e. The van der Waals surface area contributed by atoms with Crippen molar-refractivity contribution in [3.8, 4) is 0 Å². The second kappa shape index (κ2) is 4.58. The zero-order valence-corrected chi connectivity index (χ0v) is 10.2. The molecule has 2 nitrogen and oxygen atoms in total. The molecule has 1 heterocycles. The van der Waals surface area contributed by atoms with Gasteiger partial charge in [-0.1, -0.05) is 17.8 Å². The largest absolute Gasteiger partial charge is 0.399 e. The van der Waals surface area contributed by atoms with E-state index in [2.05, 4.69) is 18.0 Å². The van der Waals surface area contributed by atoms with Gasteiger partial charge < -0.3 is 5.73 Å². The van der Waals surface area contributed by atoms with Gasteiger partial charge in [-0.25, -0.2) is 4.98 Å². The fourth-order valence-corrected chi connectivity index (χ4v) is 2.15. The molecule has 3 heteroatoms. The van der Waals surface area contributed by atoms with E-state index in [1.807, 2.05) is 37.3 Å². The number of hydrogen-bond acceptors (Lipinski definition) is 3. The Morgan fingerprint density at radius 2 is 1.69 bits per heavy atom. The van der Waals surface area contributed by atoms with Crippen molar-refractivity contribution in [2.75, 3.05) is 5.73 Å². The minimum absolute atomic E-state index is 0.789. The van der Waals surface area contributed by atoms with Crippen molar-refractivity contribution in [1.82, 2.24) is 4.98 Å². The number of aromatic nitrogens is 1. The second-order valence-corrected chi connectivity index (χ2v) is 4.82. The molecule has 0 spiro atoms. The van der Waals surface area contributed by atoms with E-state index in [0.29, 0.717) is 0 Å². The number of nitrogens with zero attached hydrogens (tertiary/aromatic N) is 1. The Bertz CT molecular complexity index is 492. The summed E-state index contributed by atoms with van der Waals surface area (Å²) >= 11 is 1.65. The molecule has 0 bridgehead atoms. The van der Waals surface area contributed by atoms with Crippen molar-refractivity contribution in [3.63, 3.8) is 0 Å². The SMILES string of the molecule is Cc1ccc(Sc2ccc(N)cc2)nc1C. The number of hydrogen-bond donors (Lipinski definition) is 1. The average Bonchev–Trinajstić information content (AvgIpc) is 2.27. The Labute approximate surface area is 99.9 Å². The number of benzene rings is 1. The molecule has 2 N–H and O–H groups in total. The van der Waals surface area contributed by atoms with Crippen LogP contribution in [0.5, 0.6) is 0 Å². The lowest BCUT2D eigenvalue weighted by Gasteiger charge is -2.04. The zero-order chi connectivity index (χ0) is 11.5. The lowest BCUT2D eigenvalue weighted by atomic mass is 10.2. The molecule has 16 heavy (non-hydrogen) atoms. The van der Waals surface area contributed by atoms with Gasteiger partial charge in [-0.2, -0.15) is 0 Å². The van der Waals surface area contributed by atoms with Crippen molar-refractivity contribution >= 4 is 17.4 Å². The van der Waals surface area contributed by atoms with E-state index in [9.17, 15) is 0 Å². The van der Waals surface area contributed by atoms with E-state index in [1.54, 1.807) is 11.8 Å². The van der Waals surface area contributed by atoms with Gasteiger partial charge in [0.25, 0.3) is 0 Å². The van der Waals surface area contributed by atoms with E-state index < -0.39 is 0 Å². The van der Waals surface area contributed by atoms with Gasteiger partial charge in [-0.05, 0) is 49.7 Å². The van der Waals surface area contributed by atoms with E-state index in [1.165, 1.54) is 5.56 Å². The first-order valence-electron chi connectivity index (χ1n) is 5.13. The quantitative estimate of drug-likeness (QED) is 0.803. The van der Waals surface area contributed by atoms with Gasteiger partial charge in [0.2, 0.25) is 0 Å². The fraction of sp³-hybridized carbons (Fsp3) is 0.154. The normalized spacial score (nSPS) is 10.4. The van der Waals surface area contributed by atoms with E-state index in [4.69, 9.17) is 5.73 Å². The zero-order valence-electron chi connectivity index (χ0n) is 9.40. The van der Waals surface area contributed by atoms with Crippen LogP contribution in [0.3, 0.4) is 0 Å². The highest BCUT2D eigenvalue weighted by atomic mass is 32.2. The summed E-state index contributed by atoms with van der Waals surface area (Å²) < 4.78 is 0. The summed E-state index contributed by atoms with van der Waals surface area (Å²) in [6.07, 6.45) is 0. The van der Waals surface area contributed by atoms with E-state index >= 15 is 0 Å². The molecule has 0 saturated heterocycles. The summed E-state index contributed by atoms with van der Waals surface area (Å²) in [4.78, 5) is 5.68. The van der Waals surface area contributed by atoms with Crippen LogP contribution >= 0.6 is 11.8 Å². The van der Waals surface area contributed by atoms with Crippen LogP contribution in [0, 0.1) is 13.8 Å². The average molecular weight is 230 g/mol. The summed E-state index contributed by atoms with van der Waals surface area (Å²) in [5.41, 5.74) is 8.74. The van der Waals surface area contributed by atoms with Crippen molar-refractivity contribution in [1.29, 1.82) is 0 Å². The van der Waals surface area contributed by atoms with Crippen LogP contribution in [-0.2, 0) is 0 Å². The summed E-state index contributed by atoms with van der Waals surface area (Å²) in [6, 6.07) is 12.0. The number of nitrogen functional groups attached to an aromatic ring is 1. The van der Waals surface area contributed by atoms with Gasteiger partial charge in [-0.3, -0.25) is 0 Å². The maximum Gasteiger partial charge on any atom is 0.101 e. The number of aryl methyl sites for hydroxylation is 2. The van der Waals surface area contributed by atoms with E-state index in [-0.39, 0.29) is 0 Å². The molecule has 0 amide bonds. The molecule has 0 aliphatic carbocycles. The van der Waals surface area contributed by atoms with Crippen LogP contribution < -0.4 is 5.73 Å². The summed E-state index contributed by atoms with van der Waals surface area (Å²) in [7, 11) is 0. The molecule has 1 aromatic heterocycles. The molecular weight excluding hydrogens is 216 g/mol. The third-order valence-corrected chi connectivity index (χ3v) is 3.37. The monoisotopic (exact) mass is 230 g/mol. The van der Waals surface area contributed by atoms with Crippen molar-refractivity contribution < 1.29 is 0 Å². The lowest BCUT2D eigenvalue weighted by Crippen LogP contribution is -1.88. The van der Waals surface area contributed by atoms with Gasteiger partial charge >= 0.3 is 0 Å². The number of anilines is 1. The molecule has 0 fully saturated rings. The standard InChI is InChI=1S/C13H14N2S/c1-9-3-8-13(15-10(9)2)16-12-6-4-11(14)5-7-12/h3-8H,14H2,1-2H3. The molecule has 1 aromatic carbocycles. The minimum atomic E-state index is 0.789. The maximum atomic E-state index is 5.64. The molecule has 2 aromatic rings. The lowest BCUT2D eigenvalue weighted by molar-refractivity contribution is 1.04. The Morgan fingerprint density at radius 1 is 1.00 bits per heavy atom. The molecule has 0 aliphatic heterocycles. The molecule has 0 radical (unpaired) electrons. The molecule has 0 unspecified atom stereocenters. The predicted molar refractivity (Wildman–Crippen MR) is 68.7 cm³/mol. The van der Waals surface area contributed by atoms with Gasteiger partial charge in [0, 0.05) is 16.3 Å². The summed E-state index contributed by atoms with van der Waals surface area (Å²) in [5.74, 6) is 0. The van der Waals surface area contributed by atoms with Crippen molar-refractivity contribution in [2.45, 2.75) is 23.8 Å². The highest BCUT2D eigenvalue weighted by molar-refractivity contribution is 7.99. The Kier molecular flexibility index (Phi) is 3.15. The molecule has 0 atom stereocenters. The molecule has 82 valence electrons. The highest BCUT2D eigenvalue weighted by Gasteiger charge is 2.00. The molecular formula is C13H14N2S. The van der Waals surface area contributed by atoms with Gasteiger partial charge in [-0.15, -0.1) is 0 Å². The van der Waals surface area contributed by atoms with Gasteiger partial charge in [0.1, 0.15) is 5.03 Å².